The maximum Gasteiger partial charge on any atom is 0.267 e. The van der Waals surface area contributed by atoms with Gasteiger partial charge in [0.15, 0.2) is 0 Å². The molecule has 1 atom stereocenters. The Labute approximate surface area is 162 Å². The van der Waals surface area contributed by atoms with E-state index in [1.807, 2.05) is 36.4 Å². The molecule has 3 aromatic rings. The van der Waals surface area contributed by atoms with Crippen LogP contribution in [0.4, 0.5) is 11.4 Å². The first-order valence-electron chi connectivity index (χ1n) is 8.98. The van der Waals surface area contributed by atoms with Gasteiger partial charge in [-0.1, -0.05) is 29.8 Å². The van der Waals surface area contributed by atoms with Gasteiger partial charge in [-0.15, -0.1) is 11.3 Å². The average molecular weight is 385 g/mol. The predicted octanol–water partition coefficient (Wildman–Crippen LogP) is 6.19. The summed E-state index contributed by atoms with van der Waals surface area (Å²) in [7, 11) is 0. The van der Waals surface area contributed by atoms with Gasteiger partial charge in [0.25, 0.3) is 5.91 Å². The number of hydrogen-bond acceptors (Lipinski definition) is 3. The molecule has 4 rings (SSSR count). The number of nitrogens with zero attached hydrogens (tertiary/aromatic N) is 1. The van der Waals surface area contributed by atoms with E-state index in [2.05, 4.69) is 29.3 Å². The summed E-state index contributed by atoms with van der Waals surface area (Å²) in [5.41, 5.74) is 2.01. The smallest absolute Gasteiger partial charge is 0.267 e. The van der Waals surface area contributed by atoms with Crippen molar-refractivity contribution in [2.45, 2.75) is 32.2 Å². The molecular formula is C21H21ClN2OS. The molecule has 1 aliphatic heterocycles. The molecule has 3 nitrogen and oxygen atoms in total. The molecule has 1 aromatic heterocycles. The van der Waals surface area contributed by atoms with Gasteiger partial charge in [0.2, 0.25) is 0 Å². The summed E-state index contributed by atoms with van der Waals surface area (Å²) in [6.45, 7) is 3.38. The maximum absolute atomic E-state index is 12.6. The molecule has 0 radical (unpaired) electrons. The number of thiophene rings is 1. The summed E-state index contributed by atoms with van der Waals surface area (Å²) < 4.78 is 1.03. The van der Waals surface area contributed by atoms with Gasteiger partial charge < -0.3 is 10.2 Å². The van der Waals surface area contributed by atoms with E-state index in [-0.39, 0.29) is 5.91 Å². The van der Waals surface area contributed by atoms with E-state index in [1.165, 1.54) is 36.3 Å². The van der Waals surface area contributed by atoms with Gasteiger partial charge in [-0.3, -0.25) is 4.79 Å². The van der Waals surface area contributed by atoms with Gasteiger partial charge in [-0.05, 0) is 56.5 Å². The summed E-state index contributed by atoms with van der Waals surface area (Å²) in [6.07, 6.45) is 3.79. The fourth-order valence-corrected chi connectivity index (χ4v) is 4.98. The van der Waals surface area contributed by atoms with Crippen LogP contribution in [0.15, 0.2) is 48.5 Å². The van der Waals surface area contributed by atoms with Crippen LogP contribution in [0.1, 0.15) is 35.9 Å². The van der Waals surface area contributed by atoms with Gasteiger partial charge in [-0.2, -0.15) is 0 Å². The number of fused-ring (bicyclic) bond motifs is 1. The van der Waals surface area contributed by atoms with Gasteiger partial charge in [0, 0.05) is 34.0 Å². The van der Waals surface area contributed by atoms with Crippen LogP contribution >= 0.6 is 22.9 Å². The highest BCUT2D eigenvalue weighted by atomic mass is 35.5. The number of nitrogens with one attached hydrogen (secondary N) is 1. The molecule has 0 bridgehead atoms. The topological polar surface area (TPSA) is 32.3 Å². The molecule has 1 amide bonds. The normalized spacial score (nSPS) is 17.5. The van der Waals surface area contributed by atoms with E-state index in [1.54, 1.807) is 0 Å². The average Bonchev–Trinajstić information content (AvgIpc) is 3.00. The Morgan fingerprint density at radius 2 is 1.92 bits per heavy atom. The minimum absolute atomic E-state index is 0.157. The Bertz CT molecular complexity index is 935. The Kier molecular flexibility index (Phi) is 4.88. The molecule has 0 aliphatic carbocycles. The van der Waals surface area contributed by atoms with Gasteiger partial charge in [0.1, 0.15) is 4.88 Å². The van der Waals surface area contributed by atoms with E-state index in [4.69, 9.17) is 11.6 Å². The highest BCUT2D eigenvalue weighted by Gasteiger charge is 2.19. The molecule has 1 fully saturated rings. The Morgan fingerprint density at radius 1 is 1.15 bits per heavy atom. The fourth-order valence-electron chi connectivity index (χ4n) is 3.57. The first-order valence-corrected chi connectivity index (χ1v) is 10.2. The summed E-state index contributed by atoms with van der Waals surface area (Å²) in [6, 6.07) is 16.5. The SMILES string of the molecule is C[C@@H]1CCCCN1c1ccc(NC(=O)c2sc3ccccc3c2Cl)cc1. The van der Waals surface area contributed by atoms with Gasteiger partial charge in [0.05, 0.1) is 5.02 Å². The number of halogens is 1. The number of rotatable bonds is 3. The van der Waals surface area contributed by atoms with Crippen LogP contribution in [0.5, 0.6) is 0 Å². The lowest BCUT2D eigenvalue weighted by molar-refractivity contribution is 0.103. The lowest BCUT2D eigenvalue weighted by Gasteiger charge is -2.35. The third kappa shape index (κ3) is 3.31. The second-order valence-electron chi connectivity index (χ2n) is 6.78. The molecule has 1 N–H and O–H groups in total. The van der Waals surface area contributed by atoms with Crippen molar-refractivity contribution in [2.24, 2.45) is 0 Å². The minimum atomic E-state index is -0.157. The summed E-state index contributed by atoms with van der Waals surface area (Å²) in [5.74, 6) is -0.157. The van der Waals surface area contributed by atoms with Gasteiger partial charge in [-0.25, -0.2) is 0 Å². The van der Waals surface area contributed by atoms with E-state index < -0.39 is 0 Å². The molecule has 1 saturated heterocycles. The molecule has 5 heteroatoms. The predicted molar refractivity (Wildman–Crippen MR) is 112 cm³/mol. The second-order valence-corrected chi connectivity index (χ2v) is 8.21. The highest BCUT2D eigenvalue weighted by molar-refractivity contribution is 7.21. The zero-order chi connectivity index (χ0) is 18.1. The molecule has 2 aromatic carbocycles. The molecule has 26 heavy (non-hydrogen) atoms. The lowest BCUT2D eigenvalue weighted by atomic mass is 10.0. The number of carbonyl (C=O) groups excluding carboxylic acids is 1. The Morgan fingerprint density at radius 3 is 2.65 bits per heavy atom. The van der Waals surface area contributed by atoms with Crippen molar-refractivity contribution in [3.8, 4) is 0 Å². The summed E-state index contributed by atoms with van der Waals surface area (Å²) >= 11 is 7.83. The van der Waals surface area contributed by atoms with Crippen molar-refractivity contribution < 1.29 is 4.79 Å². The Hall–Kier alpha value is -2.04. The zero-order valence-electron chi connectivity index (χ0n) is 14.7. The second kappa shape index (κ2) is 7.29. The largest absolute Gasteiger partial charge is 0.369 e. The number of carbonyl (C=O) groups is 1. The van der Waals surface area contributed by atoms with E-state index in [0.29, 0.717) is 15.9 Å². The van der Waals surface area contributed by atoms with Crippen molar-refractivity contribution in [1.29, 1.82) is 0 Å². The fraction of sp³-hybridized carbons (Fsp3) is 0.286. The lowest BCUT2D eigenvalue weighted by Crippen LogP contribution is -2.37. The highest BCUT2D eigenvalue weighted by Crippen LogP contribution is 2.35. The standard InChI is InChI=1S/C21H21ClN2OS/c1-14-6-4-5-13-24(14)16-11-9-15(10-12-16)23-21(25)20-19(22)17-7-2-3-8-18(17)26-20/h2-3,7-12,14H,4-6,13H2,1H3,(H,23,25)/t14-/m1/s1. The van der Waals surface area contributed by atoms with Crippen LogP contribution in [0.2, 0.25) is 5.02 Å². The third-order valence-electron chi connectivity index (χ3n) is 5.00. The van der Waals surface area contributed by atoms with Crippen LogP contribution in [0.3, 0.4) is 0 Å². The number of piperidine rings is 1. The zero-order valence-corrected chi connectivity index (χ0v) is 16.2. The molecule has 134 valence electrons. The van der Waals surface area contributed by atoms with Crippen molar-refractivity contribution in [1.82, 2.24) is 0 Å². The van der Waals surface area contributed by atoms with E-state index in [0.717, 1.165) is 22.3 Å². The molecule has 2 heterocycles. The van der Waals surface area contributed by atoms with Crippen LogP contribution in [0, 0.1) is 0 Å². The van der Waals surface area contributed by atoms with Crippen LogP contribution in [-0.4, -0.2) is 18.5 Å². The van der Waals surface area contributed by atoms with Crippen molar-refractivity contribution in [2.75, 3.05) is 16.8 Å². The maximum atomic E-state index is 12.6. The molecule has 0 saturated carbocycles. The van der Waals surface area contributed by atoms with Crippen LogP contribution in [0.25, 0.3) is 10.1 Å². The van der Waals surface area contributed by atoms with Crippen molar-refractivity contribution >= 4 is 50.3 Å². The molecular weight excluding hydrogens is 364 g/mol. The first kappa shape index (κ1) is 17.4. The number of benzene rings is 2. The van der Waals surface area contributed by atoms with E-state index >= 15 is 0 Å². The van der Waals surface area contributed by atoms with Crippen molar-refractivity contribution in [3.63, 3.8) is 0 Å². The molecule has 1 aliphatic rings. The monoisotopic (exact) mass is 384 g/mol. The third-order valence-corrected chi connectivity index (χ3v) is 6.68. The molecule has 0 unspecified atom stereocenters. The summed E-state index contributed by atoms with van der Waals surface area (Å²) in [5, 5.41) is 4.43. The van der Waals surface area contributed by atoms with Gasteiger partial charge >= 0.3 is 0 Å². The minimum Gasteiger partial charge on any atom is -0.369 e. The van der Waals surface area contributed by atoms with Crippen LogP contribution in [-0.2, 0) is 0 Å². The number of amides is 1. The van der Waals surface area contributed by atoms with E-state index in [9.17, 15) is 4.79 Å². The quantitative estimate of drug-likeness (QED) is 0.584. The number of anilines is 2. The number of hydrogen-bond donors (Lipinski definition) is 1. The molecule has 0 spiro atoms. The first-order chi connectivity index (χ1) is 12.6. The van der Waals surface area contributed by atoms with Crippen molar-refractivity contribution in [3.05, 3.63) is 58.4 Å². The Balaban J connectivity index is 1.51. The van der Waals surface area contributed by atoms with Crippen LogP contribution < -0.4 is 10.2 Å². The summed E-state index contributed by atoms with van der Waals surface area (Å²) in [4.78, 5) is 15.6.